The number of aliphatic carboxylic acids is 1. The number of rotatable bonds is 5. The van der Waals surface area contributed by atoms with Gasteiger partial charge in [-0.15, -0.1) is 6.58 Å². The van der Waals surface area contributed by atoms with Crippen molar-refractivity contribution in [2.45, 2.75) is 27.2 Å². The van der Waals surface area contributed by atoms with Crippen LogP contribution < -0.4 is 0 Å². The van der Waals surface area contributed by atoms with Crippen LogP contribution in [-0.4, -0.2) is 16.9 Å². The van der Waals surface area contributed by atoms with Crippen molar-refractivity contribution in [2.75, 3.05) is 0 Å². The molecule has 0 heterocycles. The predicted molar refractivity (Wildman–Crippen MR) is 50.4 cm³/mol. The highest BCUT2D eigenvalue weighted by Gasteiger charge is 2.33. The number of carbonyl (C=O) groups excluding carboxylic acids is 1. The number of Topliss-reactive ketones (excluding diaryl/α,β-unsaturated/α-hetero) is 1. The van der Waals surface area contributed by atoms with E-state index in [1.807, 2.05) is 0 Å². The molecule has 0 rings (SSSR count). The third-order valence-corrected chi connectivity index (χ3v) is 2.06. The lowest BCUT2D eigenvalue weighted by Gasteiger charge is -2.23. The van der Waals surface area contributed by atoms with Crippen LogP contribution in [0.4, 0.5) is 0 Å². The topological polar surface area (TPSA) is 54.4 Å². The maximum Gasteiger partial charge on any atom is 0.304 e. The molecule has 1 atom stereocenters. The first-order valence-electron chi connectivity index (χ1n) is 4.23. The van der Waals surface area contributed by atoms with Gasteiger partial charge in [0, 0.05) is 5.92 Å². The number of hydrogen-bond donors (Lipinski definition) is 1. The molecule has 0 aromatic carbocycles. The molecule has 0 aliphatic carbocycles. The van der Waals surface area contributed by atoms with Crippen LogP contribution in [0, 0.1) is 11.3 Å². The molecule has 0 aromatic rings. The summed E-state index contributed by atoms with van der Waals surface area (Å²) in [4.78, 5) is 22.1. The Kier molecular flexibility index (Phi) is 3.85. The number of carboxylic acids is 1. The van der Waals surface area contributed by atoms with Crippen LogP contribution in [0.5, 0.6) is 0 Å². The molecular formula is C10H16O3. The molecule has 0 radical (unpaired) electrons. The number of carbonyl (C=O) groups is 2. The molecule has 1 unspecified atom stereocenters. The lowest BCUT2D eigenvalue weighted by atomic mass is 9.78. The van der Waals surface area contributed by atoms with E-state index < -0.39 is 11.4 Å². The molecule has 74 valence electrons. The van der Waals surface area contributed by atoms with Crippen molar-refractivity contribution < 1.29 is 14.7 Å². The fourth-order valence-corrected chi connectivity index (χ4v) is 1.23. The van der Waals surface area contributed by atoms with Gasteiger partial charge in [-0.05, 0) is 6.92 Å². The second kappa shape index (κ2) is 4.21. The third-order valence-electron chi connectivity index (χ3n) is 2.06. The summed E-state index contributed by atoms with van der Waals surface area (Å²) in [5, 5.41) is 8.61. The maximum absolute atomic E-state index is 11.6. The summed E-state index contributed by atoms with van der Waals surface area (Å²) >= 11 is 0. The van der Waals surface area contributed by atoms with Gasteiger partial charge in [-0.25, -0.2) is 0 Å². The van der Waals surface area contributed by atoms with E-state index >= 15 is 0 Å². The van der Waals surface area contributed by atoms with Gasteiger partial charge in [0.05, 0.1) is 11.8 Å². The molecule has 3 nitrogen and oxygen atoms in total. The SMILES string of the molecule is C=CC(C)(CC(=O)O)C(=O)C(C)C. The first kappa shape index (κ1) is 11.9. The fraction of sp³-hybridized carbons (Fsp3) is 0.600. The van der Waals surface area contributed by atoms with Gasteiger partial charge in [0.1, 0.15) is 5.78 Å². The molecule has 0 bridgehead atoms. The number of carboxylic acid groups (broad SMARTS) is 1. The summed E-state index contributed by atoms with van der Waals surface area (Å²) in [5.74, 6) is -1.22. The Morgan fingerprint density at radius 1 is 1.54 bits per heavy atom. The van der Waals surface area contributed by atoms with Crippen LogP contribution in [0.15, 0.2) is 12.7 Å². The number of ketones is 1. The Bertz CT molecular complexity index is 230. The number of allylic oxidation sites excluding steroid dienone is 1. The molecule has 0 saturated carbocycles. The van der Waals surface area contributed by atoms with Crippen molar-refractivity contribution in [1.29, 1.82) is 0 Å². The van der Waals surface area contributed by atoms with Crippen molar-refractivity contribution in [2.24, 2.45) is 11.3 Å². The van der Waals surface area contributed by atoms with E-state index in [1.165, 1.54) is 6.08 Å². The van der Waals surface area contributed by atoms with E-state index in [-0.39, 0.29) is 18.1 Å². The van der Waals surface area contributed by atoms with Crippen molar-refractivity contribution >= 4 is 11.8 Å². The minimum absolute atomic E-state index is 0.0788. The van der Waals surface area contributed by atoms with Crippen molar-refractivity contribution in [3.05, 3.63) is 12.7 Å². The summed E-state index contributed by atoms with van der Waals surface area (Å²) in [6.07, 6.45) is 1.23. The van der Waals surface area contributed by atoms with Gasteiger partial charge in [0.2, 0.25) is 0 Å². The van der Waals surface area contributed by atoms with E-state index in [0.29, 0.717) is 0 Å². The Morgan fingerprint density at radius 3 is 2.23 bits per heavy atom. The van der Waals surface area contributed by atoms with Gasteiger partial charge < -0.3 is 5.11 Å². The molecule has 0 saturated heterocycles. The van der Waals surface area contributed by atoms with E-state index in [9.17, 15) is 9.59 Å². The van der Waals surface area contributed by atoms with Crippen LogP contribution in [0.3, 0.4) is 0 Å². The van der Waals surface area contributed by atoms with Gasteiger partial charge >= 0.3 is 5.97 Å². The highest BCUT2D eigenvalue weighted by atomic mass is 16.4. The molecule has 0 amide bonds. The molecule has 1 N–H and O–H groups in total. The molecule has 0 aromatic heterocycles. The summed E-state index contributed by atoms with van der Waals surface area (Å²) in [5.41, 5.74) is -0.931. The van der Waals surface area contributed by atoms with Crippen LogP contribution in [-0.2, 0) is 9.59 Å². The lowest BCUT2D eigenvalue weighted by molar-refractivity contribution is -0.143. The maximum atomic E-state index is 11.6. The quantitative estimate of drug-likeness (QED) is 0.664. The molecule has 13 heavy (non-hydrogen) atoms. The zero-order chi connectivity index (χ0) is 10.6. The lowest BCUT2D eigenvalue weighted by Crippen LogP contribution is -2.31. The van der Waals surface area contributed by atoms with Crippen molar-refractivity contribution in [3.63, 3.8) is 0 Å². The van der Waals surface area contributed by atoms with Crippen LogP contribution in [0.1, 0.15) is 27.2 Å². The summed E-state index contributed by atoms with van der Waals surface area (Å²) in [7, 11) is 0. The zero-order valence-corrected chi connectivity index (χ0v) is 8.33. The highest BCUT2D eigenvalue weighted by Crippen LogP contribution is 2.27. The van der Waals surface area contributed by atoms with E-state index in [0.717, 1.165) is 0 Å². The second-order valence-electron chi connectivity index (χ2n) is 3.71. The Morgan fingerprint density at radius 2 is 2.00 bits per heavy atom. The molecule has 3 heteroatoms. The Hall–Kier alpha value is -1.12. The fourth-order valence-electron chi connectivity index (χ4n) is 1.23. The molecule has 0 aliphatic heterocycles. The van der Waals surface area contributed by atoms with E-state index in [2.05, 4.69) is 6.58 Å². The van der Waals surface area contributed by atoms with Gasteiger partial charge in [0.25, 0.3) is 0 Å². The first-order valence-corrected chi connectivity index (χ1v) is 4.23. The minimum Gasteiger partial charge on any atom is -0.481 e. The number of hydrogen-bond acceptors (Lipinski definition) is 2. The standard InChI is InChI=1S/C10H16O3/c1-5-10(4,6-8(11)12)9(13)7(2)3/h5,7H,1,6H2,2-4H3,(H,11,12). The summed E-state index contributed by atoms with van der Waals surface area (Å²) in [6, 6.07) is 0. The van der Waals surface area contributed by atoms with Crippen LogP contribution in [0.25, 0.3) is 0 Å². The molecular weight excluding hydrogens is 168 g/mol. The van der Waals surface area contributed by atoms with Gasteiger partial charge in [-0.2, -0.15) is 0 Å². The average molecular weight is 184 g/mol. The molecule has 0 aliphatic rings. The van der Waals surface area contributed by atoms with Crippen LogP contribution in [0.2, 0.25) is 0 Å². The van der Waals surface area contributed by atoms with E-state index in [4.69, 9.17) is 5.11 Å². The zero-order valence-electron chi connectivity index (χ0n) is 8.33. The third kappa shape index (κ3) is 3.01. The normalized spacial score (nSPS) is 15.1. The first-order chi connectivity index (χ1) is 5.83. The summed E-state index contributed by atoms with van der Waals surface area (Å²) in [6.45, 7) is 8.62. The Labute approximate surface area is 78.5 Å². The van der Waals surface area contributed by atoms with Gasteiger partial charge in [-0.1, -0.05) is 19.9 Å². The largest absolute Gasteiger partial charge is 0.481 e. The molecule has 0 spiro atoms. The smallest absolute Gasteiger partial charge is 0.304 e. The Balaban J connectivity index is 4.72. The van der Waals surface area contributed by atoms with Crippen LogP contribution >= 0.6 is 0 Å². The highest BCUT2D eigenvalue weighted by molar-refractivity contribution is 5.91. The van der Waals surface area contributed by atoms with Crippen molar-refractivity contribution in [3.8, 4) is 0 Å². The van der Waals surface area contributed by atoms with E-state index in [1.54, 1.807) is 20.8 Å². The monoisotopic (exact) mass is 184 g/mol. The molecule has 0 fully saturated rings. The average Bonchev–Trinajstić information content (AvgIpc) is 2.01. The van der Waals surface area contributed by atoms with Crippen molar-refractivity contribution in [1.82, 2.24) is 0 Å². The minimum atomic E-state index is -0.976. The van der Waals surface area contributed by atoms with Gasteiger partial charge in [0.15, 0.2) is 0 Å². The predicted octanol–water partition coefficient (Wildman–Crippen LogP) is 1.88. The summed E-state index contributed by atoms with van der Waals surface area (Å²) < 4.78 is 0. The van der Waals surface area contributed by atoms with Gasteiger partial charge in [-0.3, -0.25) is 9.59 Å². The second-order valence-corrected chi connectivity index (χ2v) is 3.71.